The average Bonchev–Trinajstić information content (AvgIpc) is 2.70. The van der Waals surface area contributed by atoms with Crippen molar-refractivity contribution in [3.05, 3.63) is 0 Å². The highest BCUT2D eigenvalue weighted by Gasteiger charge is 2.55. The van der Waals surface area contributed by atoms with Crippen LogP contribution in [-0.2, 0) is 4.79 Å². The van der Waals surface area contributed by atoms with E-state index in [1.165, 1.54) is 19.3 Å². The van der Waals surface area contributed by atoms with Crippen LogP contribution in [-0.4, -0.2) is 23.5 Å². The predicted molar refractivity (Wildman–Crippen MR) is 74.2 cm³/mol. The number of hydrogen-bond acceptors (Lipinski definition) is 2. The summed E-state index contributed by atoms with van der Waals surface area (Å²) in [5.41, 5.74) is 0.561. The van der Waals surface area contributed by atoms with Crippen LogP contribution in [0.15, 0.2) is 0 Å². The van der Waals surface area contributed by atoms with E-state index in [1.54, 1.807) is 7.05 Å². The molecule has 0 aromatic rings. The molecule has 0 spiro atoms. The van der Waals surface area contributed by atoms with Gasteiger partial charge in [-0.3, -0.25) is 4.79 Å². The summed E-state index contributed by atoms with van der Waals surface area (Å²) in [6.07, 6.45) is 4.80. The fraction of sp³-hybridized carbons (Fsp3) is 0.929. The highest BCUT2D eigenvalue weighted by Crippen LogP contribution is 2.63. The highest BCUT2D eigenvalue weighted by atomic mass is 32.2. The fourth-order valence-electron chi connectivity index (χ4n) is 3.71. The van der Waals surface area contributed by atoms with Gasteiger partial charge in [-0.15, -0.1) is 0 Å². The Bertz CT molecular complexity index is 315. The number of thioether (sulfide) groups is 1. The zero-order chi connectivity index (χ0) is 12.7. The second kappa shape index (κ2) is 4.49. The van der Waals surface area contributed by atoms with Crippen LogP contribution in [0.2, 0.25) is 0 Å². The lowest BCUT2D eigenvalue weighted by Gasteiger charge is -2.40. The summed E-state index contributed by atoms with van der Waals surface area (Å²) >= 11 is 2.03. The molecule has 2 saturated carbocycles. The lowest BCUT2D eigenvalue weighted by Crippen LogP contribution is -2.35. The van der Waals surface area contributed by atoms with E-state index in [0.29, 0.717) is 16.6 Å². The molecule has 0 radical (unpaired) electrons. The number of rotatable bonds is 4. The molecule has 2 aliphatic carbocycles. The molecule has 0 aromatic carbocycles. The van der Waals surface area contributed by atoms with Crippen LogP contribution in [0.1, 0.15) is 46.5 Å². The quantitative estimate of drug-likeness (QED) is 0.836. The molecule has 3 unspecified atom stereocenters. The summed E-state index contributed by atoms with van der Waals surface area (Å²) in [7, 11) is 1.72. The second-order valence-corrected chi connectivity index (χ2v) is 8.24. The maximum absolute atomic E-state index is 11.2. The third kappa shape index (κ3) is 2.49. The summed E-state index contributed by atoms with van der Waals surface area (Å²) in [6, 6.07) is 0. The second-order valence-electron chi connectivity index (χ2n) is 6.61. The SMILES string of the molecule is CNC(=O)CCSC1(C)CC2CC1CC2(C)C. The number of amides is 1. The van der Waals surface area contributed by atoms with Crippen molar-refractivity contribution in [2.45, 2.75) is 51.2 Å². The van der Waals surface area contributed by atoms with Crippen molar-refractivity contribution < 1.29 is 4.79 Å². The van der Waals surface area contributed by atoms with E-state index in [1.807, 2.05) is 11.8 Å². The van der Waals surface area contributed by atoms with Gasteiger partial charge in [-0.2, -0.15) is 11.8 Å². The lowest BCUT2D eigenvalue weighted by atomic mass is 9.73. The zero-order valence-electron chi connectivity index (χ0n) is 11.5. The molecule has 98 valence electrons. The van der Waals surface area contributed by atoms with Gasteiger partial charge >= 0.3 is 0 Å². The lowest BCUT2D eigenvalue weighted by molar-refractivity contribution is -0.120. The standard InChI is InChI=1S/C14H25NOS/c1-13(2)8-11-7-10(13)9-14(11,3)17-6-5-12(16)15-4/h10-11H,5-9H2,1-4H3,(H,15,16). The Kier molecular flexibility index (Phi) is 3.50. The fourth-order valence-corrected chi connectivity index (χ4v) is 5.20. The van der Waals surface area contributed by atoms with E-state index >= 15 is 0 Å². The first-order valence-electron chi connectivity index (χ1n) is 6.72. The van der Waals surface area contributed by atoms with E-state index in [-0.39, 0.29) is 5.91 Å². The van der Waals surface area contributed by atoms with E-state index in [4.69, 9.17) is 0 Å². The molecule has 3 heteroatoms. The summed E-state index contributed by atoms with van der Waals surface area (Å²) in [6.45, 7) is 7.26. The predicted octanol–water partition coefficient (Wildman–Crippen LogP) is 3.07. The van der Waals surface area contributed by atoms with Gasteiger partial charge in [-0.05, 0) is 36.5 Å². The topological polar surface area (TPSA) is 29.1 Å². The first kappa shape index (κ1) is 13.3. The Morgan fingerprint density at radius 2 is 2.00 bits per heavy atom. The van der Waals surface area contributed by atoms with Crippen LogP contribution in [0.25, 0.3) is 0 Å². The van der Waals surface area contributed by atoms with Crippen molar-refractivity contribution in [2.75, 3.05) is 12.8 Å². The summed E-state index contributed by atoms with van der Waals surface area (Å²) in [5.74, 6) is 2.92. The van der Waals surface area contributed by atoms with E-state index in [9.17, 15) is 4.79 Å². The van der Waals surface area contributed by atoms with Gasteiger partial charge in [-0.25, -0.2) is 0 Å². The van der Waals surface area contributed by atoms with Gasteiger partial charge in [0.25, 0.3) is 0 Å². The van der Waals surface area contributed by atoms with Gasteiger partial charge in [-0.1, -0.05) is 20.8 Å². The normalized spacial score (nSPS) is 38.4. The van der Waals surface area contributed by atoms with E-state index in [2.05, 4.69) is 26.1 Å². The Morgan fingerprint density at radius 1 is 1.29 bits per heavy atom. The largest absolute Gasteiger partial charge is 0.359 e. The van der Waals surface area contributed by atoms with Crippen molar-refractivity contribution in [3.8, 4) is 0 Å². The third-order valence-corrected chi connectivity index (χ3v) is 6.57. The summed E-state index contributed by atoms with van der Waals surface area (Å²) < 4.78 is 0.439. The van der Waals surface area contributed by atoms with Crippen LogP contribution in [0.5, 0.6) is 0 Å². The monoisotopic (exact) mass is 255 g/mol. The molecule has 0 heterocycles. The van der Waals surface area contributed by atoms with Crippen LogP contribution in [0.3, 0.4) is 0 Å². The molecular formula is C14H25NOS. The van der Waals surface area contributed by atoms with Crippen molar-refractivity contribution in [2.24, 2.45) is 17.3 Å². The average molecular weight is 255 g/mol. The first-order valence-corrected chi connectivity index (χ1v) is 7.70. The third-order valence-electron chi connectivity index (χ3n) is 5.00. The Balaban J connectivity index is 1.85. The Hall–Kier alpha value is -0.180. The Labute approximate surface area is 109 Å². The van der Waals surface area contributed by atoms with Crippen LogP contribution in [0.4, 0.5) is 0 Å². The minimum Gasteiger partial charge on any atom is -0.359 e. The summed E-state index contributed by atoms with van der Waals surface area (Å²) in [5, 5.41) is 2.70. The molecule has 0 aromatic heterocycles. The number of carbonyl (C=O) groups excluding carboxylic acids is 1. The Morgan fingerprint density at radius 3 is 2.47 bits per heavy atom. The number of fused-ring (bicyclic) bond motifs is 2. The van der Waals surface area contributed by atoms with Crippen LogP contribution >= 0.6 is 11.8 Å². The first-order chi connectivity index (χ1) is 7.87. The number of carbonyl (C=O) groups is 1. The molecule has 0 saturated heterocycles. The minimum atomic E-state index is 0.171. The zero-order valence-corrected chi connectivity index (χ0v) is 12.3. The molecule has 3 atom stereocenters. The van der Waals surface area contributed by atoms with Crippen molar-refractivity contribution in [3.63, 3.8) is 0 Å². The molecule has 2 fully saturated rings. The van der Waals surface area contributed by atoms with E-state index < -0.39 is 0 Å². The van der Waals surface area contributed by atoms with Gasteiger partial charge in [0.05, 0.1) is 0 Å². The van der Waals surface area contributed by atoms with Crippen LogP contribution in [0, 0.1) is 17.3 Å². The molecule has 17 heavy (non-hydrogen) atoms. The van der Waals surface area contributed by atoms with Gasteiger partial charge in [0.2, 0.25) is 5.91 Å². The molecule has 2 rings (SSSR count). The molecule has 0 aliphatic heterocycles. The highest BCUT2D eigenvalue weighted by molar-refractivity contribution is 8.00. The summed E-state index contributed by atoms with van der Waals surface area (Å²) in [4.78, 5) is 11.2. The van der Waals surface area contributed by atoms with Crippen molar-refractivity contribution >= 4 is 17.7 Å². The molecule has 2 aliphatic rings. The molecule has 1 amide bonds. The van der Waals surface area contributed by atoms with E-state index in [0.717, 1.165) is 17.6 Å². The number of hydrogen-bond donors (Lipinski definition) is 1. The van der Waals surface area contributed by atoms with Crippen molar-refractivity contribution in [1.82, 2.24) is 5.32 Å². The molecule has 2 nitrogen and oxygen atoms in total. The van der Waals surface area contributed by atoms with Crippen LogP contribution < -0.4 is 5.32 Å². The van der Waals surface area contributed by atoms with Gasteiger partial charge < -0.3 is 5.32 Å². The maximum atomic E-state index is 11.2. The maximum Gasteiger partial charge on any atom is 0.220 e. The molecular weight excluding hydrogens is 230 g/mol. The smallest absolute Gasteiger partial charge is 0.220 e. The molecule has 2 bridgehead atoms. The van der Waals surface area contributed by atoms with Gasteiger partial charge in [0.15, 0.2) is 0 Å². The van der Waals surface area contributed by atoms with Gasteiger partial charge in [0.1, 0.15) is 0 Å². The molecule has 1 N–H and O–H groups in total. The minimum absolute atomic E-state index is 0.171. The number of nitrogens with one attached hydrogen (secondary N) is 1. The van der Waals surface area contributed by atoms with Gasteiger partial charge in [0, 0.05) is 24.0 Å². The van der Waals surface area contributed by atoms with Crippen molar-refractivity contribution in [1.29, 1.82) is 0 Å².